The molecule has 8 aromatic carbocycles. The molecule has 4 aliphatic rings. The zero-order valence-electron chi connectivity index (χ0n) is 44.7. The Morgan fingerprint density at radius 2 is 0.412 bits per heavy atom. The zero-order chi connectivity index (χ0) is 50.2. The largest absolute Gasteiger partial charge is 2.00 e. The maximum atomic E-state index is 13.2. The van der Waals surface area contributed by atoms with Gasteiger partial charge >= 0.3 is 46.5 Å². The molecular formula is C60H74B2Cl2N6Ni2O4P4+4. The van der Waals surface area contributed by atoms with Crippen molar-refractivity contribution in [3.8, 4) is 0 Å². The number of nitrogens with zero attached hydrogens (tertiary/aromatic N) is 4. The van der Waals surface area contributed by atoms with Gasteiger partial charge < -0.3 is 55.4 Å². The Morgan fingerprint density at radius 1 is 0.275 bits per heavy atom. The minimum absolute atomic E-state index is 0. The van der Waals surface area contributed by atoms with Gasteiger partial charge in [0.2, 0.25) is 0 Å². The van der Waals surface area contributed by atoms with Crippen molar-refractivity contribution >= 4 is 88.2 Å². The number of benzene rings is 8. The molecule has 12 rings (SSSR count). The fraction of sp³-hybridized carbons (Fsp3) is 0.200. The maximum Gasteiger partial charge on any atom is 2.00 e. The van der Waals surface area contributed by atoms with E-state index in [1.165, 1.54) is 52.1 Å². The molecule has 0 unspecified atom stereocenters. The number of hydrogen-bond donors (Lipinski definition) is 4. The molecule has 0 bridgehead atoms. The maximum absolute atomic E-state index is 13.2. The van der Waals surface area contributed by atoms with Crippen molar-refractivity contribution in [1.82, 2.24) is 18.3 Å². The molecule has 10 nitrogen and oxygen atoms in total. The smallest absolute Gasteiger partial charge is 1.00 e. The van der Waals surface area contributed by atoms with Gasteiger partial charge in [-0.25, -0.2) is 18.3 Å². The first-order valence-electron chi connectivity index (χ1n) is 27.0. The zero-order valence-corrected chi connectivity index (χ0v) is 52.2. The number of nitrogens with one attached hydrogen (secondary N) is 2. The van der Waals surface area contributed by atoms with Crippen LogP contribution in [0.1, 0.15) is 25.7 Å². The van der Waals surface area contributed by atoms with Gasteiger partial charge in [-0.1, -0.05) is 146 Å². The van der Waals surface area contributed by atoms with Crippen LogP contribution in [0.2, 0.25) is 0 Å². The van der Waals surface area contributed by atoms with Crippen LogP contribution >= 0.6 is 32.3 Å². The summed E-state index contributed by atoms with van der Waals surface area (Å²) in [4.78, 5) is 2.72. The Balaban J connectivity index is 0.000000273. The minimum atomic E-state index is -1.98. The SMILES string of the molecule is O[B-]12N([PH+](c3ccccc3)c3ccccc3)CCC[NH+]1CCCN2[PH+](c1ccccc1)c1ccccc1.O[B-]12N([PH+](c3ccccc3)c3ccccc3)CCC[NH+]1CCCN2[PH+](c1ccccc1)c1ccccc1.[Cl-].[Cl-].[Ni+2].[Ni+2].[OH-].[OH-]. The molecule has 424 valence electrons. The third-order valence-electron chi connectivity index (χ3n) is 15.9. The summed E-state index contributed by atoms with van der Waals surface area (Å²) in [5, 5.41) is 37.2. The molecule has 20 heteroatoms. The van der Waals surface area contributed by atoms with Gasteiger partial charge in [0.05, 0.1) is 0 Å². The topological polar surface area (TPSA) is 122 Å². The van der Waals surface area contributed by atoms with E-state index < -0.39 is 45.8 Å². The Morgan fingerprint density at radius 3 is 0.550 bits per heavy atom. The van der Waals surface area contributed by atoms with Crippen molar-refractivity contribution in [3.05, 3.63) is 243 Å². The van der Waals surface area contributed by atoms with E-state index in [4.69, 9.17) is 0 Å². The Labute approximate surface area is 511 Å². The van der Waals surface area contributed by atoms with E-state index in [-0.39, 0.29) is 68.7 Å². The third-order valence-corrected chi connectivity index (χ3v) is 27.6. The molecule has 0 aromatic heterocycles. The van der Waals surface area contributed by atoms with E-state index >= 15 is 0 Å². The predicted octanol–water partition coefficient (Wildman–Crippen LogP) is -1.81. The second kappa shape index (κ2) is 32.2. The summed E-state index contributed by atoms with van der Waals surface area (Å²) < 4.78 is 10.3. The van der Waals surface area contributed by atoms with Crippen molar-refractivity contribution in [2.75, 3.05) is 52.4 Å². The monoisotopic (exact) mass is 1270 g/mol. The van der Waals surface area contributed by atoms with Gasteiger partial charge in [0.25, 0.3) is 0 Å². The number of hydrogen-bond acceptors (Lipinski definition) is 8. The predicted molar refractivity (Wildman–Crippen MR) is 328 cm³/mol. The van der Waals surface area contributed by atoms with Crippen LogP contribution in [0.4, 0.5) is 0 Å². The average molecular weight is 1280 g/mol. The molecular weight excluding hydrogens is 1200 g/mol. The summed E-state index contributed by atoms with van der Waals surface area (Å²) in [6.07, 6.45) is 4.44. The normalized spacial score (nSPS) is 21.0. The first-order valence-corrected chi connectivity index (χ1v) is 32.8. The molecule has 0 spiro atoms. The number of quaternary nitrogens is 2. The first-order chi connectivity index (χ1) is 36.5. The number of rotatable bonds is 12. The van der Waals surface area contributed by atoms with Crippen molar-refractivity contribution in [3.63, 3.8) is 0 Å². The quantitative estimate of drug-likeness (QED) is 0.0837. The van der Waals surface area contributed by atoms with Crippen LogP contribution in [0.3, 0.4) is 0 Å². The van der Waals surface area contributed by atoms with Gasteiger partial charge in [-0.2, -0.15) is 0 Å². The molecule has 80 heavy (non-hydrogen) atoms. The molecule has 4 saturated heterocycles. The molecule has 0 radical (unpaired) electrons. The summed E-state index contributed by atoms with van der Waals surface area (Å²) in [7, 11) is -5.56. The van der Waals surface area contributed by atoms with Gasteiger partial charge in [-0.05, 0) is 97.1 Å². The Kier molecular flexibility index (Phi) is 27.2. The van der Waals surface area contributed by atoms with E-state index in [0.29, 0.717) is 0 Å². The fourth-order valence-corrected chi connectivity index (χ4v) is 25.3. The van der Waals surface area contributed by atoms with Crippen molar-refractivity contribution in [1.29, 1.82) is 0 Å². The second-order valence-corrected chi connectivity index (χ2v) is 30.0. The first kappa shape index (κ1) is 67.6. The van der Waals surface area contributed by atoms with E-state index in [2.05, 4.69) is 261 Å². The Bertz CT molecular complexity index is 2460. The average Bonchev–Trinajstić information content (AvgIpc) is 3.61. The molecule has 4 aliphatic heterocycles. The summed E-state index contributed by atoms with van der Waals surface area (Å²) in [6, 6.07) is 87.4. The standard InChI is InChI=1S/2C30H34BN3OP2.2ClH.2Ni.2H2O/c2*35-31-32(23-13-25-33(31)36(27-15-5-1-6-16-27)28-17-7-2-8-18-28)24-14-26-34(31)37(29-19-9-3-10-20-29)30-21-11-4-12-22-30;;;;;;/h2*1-12,15-22,32,35H,13-14,23-26H2;2*1H;;;2*1H2/q;;;;2*+2;;. The summed E-state index contributed by atoms with van der Waals surface area (Å²) in [5.74, 6) is 0. The van der Waals surface area contributed by atoms with Crippen LogP contribution < -0.4 is 76.9 Å². The van der Waals surface area contributed by atoms with Crippen molar-refractivity contribution < 1.29 is 88.4 Å². The van der Waals surface area contributed by atoms with Gasteiger partial charge in [0.1, 0.15) is 74.7 Å². The van der Waals surface area contributed by atoms with E-state index in [9.17, 15) is 10.0 Å². The third kappa shape index (κ3) is 14.3. The van der Waals surface area contributed by atoms with Crippen LogP contribution in [0.25, 0.3) is 0 Å². The molecule has 6 N–H and O–H groups in total. The number of fused-ring (bicyclic) bond motifs is 2. The van der Waals surface area contributed by atoms with E-state index in [1.807, 2.05) is 0 Å². The molecule has 4 heterocycles. The van der Waals surface area contributed by atoms with E-state index in [0.717, 1.165) is 78.0 Å². The van der Waals surface area contributed by atoms with Gasteiger partial charge in [0.15, 0.2) is 0 Å². The Hall–Kier alpha value is -3.22. The van der Waals surface area contributed by atoms with Gasteiger partial charge in [-0.3, -0.25) is 0 Å². The minimum Gasteiger partial charge on any atom is -1.00 e. The van der Waals surface area contributed by atoms with Crippen LogP contribution in [-0.2, 0) is 33.0 Å². The van der Waals surface area contributed by atoms with Crippen molar-refractivity contribution in [2.45, 2.75) is 25.7 Å². The number of halogens is 2. The van der Waals surface area contributed by atoms with Gasteiger partial charge in [-0.15, -0.1) is 0 Å². The van der Waals surface area contributed by atoms with Crippen LogP contribution in [0.5, 0.6) is 0 Å². The summed E-state index contributed by atoms with van der Waals surface area (Å²) in [5.41, 5.74) is 0. The molecule has 0 atom stereocenters. The molecule has 0 amide bonds. The van der Waals surface area contributed by atoms with Gasteiger partial charge in [0, 0.05) is 78.0 Å². The molecule has 4 fully saturated rings. The van der Waals surface area contributed by atoms with E-state index in [1.54, 1.807) is 0 Å². The summed E-state index contributed by atoms with van der Waals surface area (Å²) in [6.45, 7) is 3.86. The summed E-state index contributed by atoms with van der Waals surface area (Å²) >= 11 is 0. The molecule has 8 aromatic rings. The second-order valence-electron chi connectivity index (χ2n) is 20.3. The molecule has 0 saturated carbocycles. The van der Waals surface area contributed by atoms with Crippen LogP contribution in [0, 0.1) is 0 Å². The van der Waals surface area contributed by atoms with Crippen LogP contribution in [0.15, 0.2) is 243 Å². The fourth-order valence-electron chi connectivity index (χ4n) is 12.8. The van der Waals surface area contributed by atoms with Crippen molar-refractivity contribution in [2.24, 2.45) is 0 Å². The molecule has 0 aliphatic carbocycles. The van der Waals surface area contributed by atoms with Crippen LogP contribution in [-0.4, -0.2) is 105 Å².